The average molecular weight is 853 g/mol. The Labute approximate surface area is 316 Å². The van der Waals surface area contributed by atoms with E-state index in [1.165, 1.54) is 5.56 Å². The molecule has 1 N–H and O–H groups in total. The number of phenolic OH excluding ortho intramolecular Hbond substituents is 1. The predicted octanol–water partition coefficient (Wildman–Crippen LogP) is 11.4. The van der Waals surface area contributed by atoms with Crippen LogP contribution >= 0.6 is 0 Å². The number of aromatic hydroxyl groups is 1. The second-order valence-corrected chi connectivity index (χ2v) is 16.4. The summed E-state index contributed by atoms with van der Waals surface area (Å²) in [6.45, 7) is 19.6. The summed E-state index contributed by atoms with van der Waals surface area (Å²) >= 11 is 0. The monoisotopic (exact) mass is 852 g/mol. The molecule has 0 fully saturated rings. The van der Waals surface area contributed by atoms with Crippen LogP contribution in [0.2, 0.25) is 0 Å². The van der Waals surface area contributed by atoms with Gasteiger partial charge in [0.05, 0.1) is 11.1 Å². The number of nitrogens with zero attached hydrogens (tertiary/aromatic N) is 4. The molecule has 0 atom stereocenters. The summed E-state index contributed by atoms with van der Waals surface area (Å²) in [5.74, 6) is 0.709. The van der Waals surface area contributed by atoms with Crippen molar-refractivity contribution in [2.45, 2.75) is 78.6 Å². The van der Waals surface area contributed by atoms with Crippen LogP contribution in [-0.4, -0.2) is 24.6 Å². The van der Waals surface area contributed by atoms with Gasteiger partial charge in [0.2, 0.25) is 0 Å². The summed E-state index contributed by atoms with van der Waals surface area (Å²) in [6.07, 6.45) is 3.77. The third-order valence-electron chi connectivity index (χ3n) is 9.55. The number of hydrogen-bond donors (Lipinski definition) is 1. The van der Waals surface area contributed by atoms with Gasteiger partial charge in [-0.05, 0) is 62.5 Å². The van der Waals surface area contributed by atoms with E-state index < -0.39 is 0 Å². The van der Waals surface area contributed by atoms with Gasteiger partial charge >= 0.3 is 0 Å². The molecule has 0 saturated heterocycles. The van der Waals surface area contributed by atoms with Gasteiger partial charge in [-0.3, -0.25) is 0 Å². The Morgan fingerprint density at radius 1 is 0.647 bits per heavy atom. The minimum atomic E-state index is -0.274. The van der Waals surface area contributed by atoms with Gasteiger partial charge in [-0.1, -0.05) is 123 Å². The molecule has 3 heterocycles. The Bertz CT molecular complexity index is 2390. The molecule has 0 aliphatic heterocycles. The van der Waals surface area contributed by atoms with Gasteiger partial charge < -0.3 is 14.7 Å². The van der Waals surface area contributed by atoms with E-state index in [0.29, 0.717) is 11.4 Å². The number of hydrogen-bond acceptors (Lipinski definition) is 4. The predicted molar refractivity (Wildman–Crippen MR) is 207 cm³/mol. The molecule has 5 nitrogen and oxygen atoms in total. The van der Waals surface area contributed by atoms with Gasteiger partial charge in [0.15, 0.2) is 5.82 Å². The van der Waals surface area contributed by atoms with Gasteiger partial charge in [0.25, 0.3) is 0 Å². The SMILES string of the molecule is CC(C)(C)c1cc(-c2cc(-c3ccccc3)ccn2)[c-]c(-n2c3ccccc3c3cnc(-c4cc(C(C)(C)C)cc(C(C)(C)C)c4O)nc32)c1.[Pt]. The maximum Gasteiger partial charge on any atom is 0.165 e. The number of rotatable bonds is 4. The van der Waals surface area contributed by atoms with E-state index in [1.807, 2.05) is 30.6 Å². The molecule has 51 heavy (non-hydrogen) atoms. The zero-order valence-electron chi connectivity index (χ0n) is 30.9. The Morgan fingerprint density at radius 3 is 2.00 bits per heavy atom. The van der Waals surface area contributed by atoms with Crippen LogP contribution in [0.4, 0.5) is 0 Å². The normalized spacial score (nSPS) is 12.3. The largest absolute Gasteiger partial charge is 0.507 e. The Balaban J connectivity index is 0.00000448. The van der Waals surface area contributed by atoms with Gasteiger partial charge in [-0.25, -0.2) is 9.97 Å². The molecule has 0 bridgehead atoms. The molecule has 0 amide bonds. The molecule has 4 aromatic carbocycles. The van der Waals surface area contributed by atoms with Crippen molar-refractivity contribution >= 4 is 21.9 Å². The van der Waals surface area contributed by atoms with Crippen molar-refractivity contribution in [2.24, 2.45) is 0 Å². The van der Waals surface area contributed by atoms with Crippen LogP contribution in [-0.2, 0) is 37.3 Å². The van der Waals surface area contributed by atoms with Crippen molar-refractivity contribution < 1.29 is 26.2 Å². The molecule has 0 aliphatic rings. The third kappa shape index (κ3) is 6.89. The number of fused-ring (bicyclic) bond motifs is 3. The van der Waals surface area contributed by atoms with E-state index in [4.69, 9.17) is 15.0 Å². The van der Waals surface area contributed by atoms with Crippen LogP contribution in [0.5, 0.6) is 5.75 Å². The summed E-state index contributed by atoms with van der Waals surface area (Å²) in [4.78, 5) is 15.0. The Morgan fingerprint density at radius 2 is 1.31 bits per heavy atom. The molecule has 0 saturated carbocycles. The molecular formula is C45H45N4OPt-. The summed E-state index contributed by atoms with van der Waals surface area (Å²) < 4.78 is 2.19. The minimum absolute atomic E-state index is 0. The molecule has 7 rings (SSSR count). The Hall–Kier alpha value is -4.60. The van der Waals surface area contributed by atoms with E-state index in [2.05, 4.69) is 146 Å². The first kappa shape index (κ1) is 36.2. The first-order valence-corrected chi connectivity index (χ1v) is 17.3. The van der Waals surface area contributed by atoms with Crippen LogP contribution in [0.25, 0.3) is 61.4 Å². The van der Waals surface area contributed by atoms with Crippen LogP contribution in [0.1, 0.15) is 79.0 Å². The van der Waals surface area contributed by atoms with Gasteiger partial charge in [-0.2, -0.15) is 0 Å². The van der Waals surface area contributed by atoms with Gasteiger partial charge in [0.1, 0.15) is 11.4 Å². The first-order chi connectivity index (χ1) is 23.6. The van der Waals surface area contributed by atoms with E-state index in [0.717, 1.165) is 61.1 Å². The molecule has 0 spiro atoms. The summed E-state index contributed by atoms with van der Waals surface area (Å²) in [5, 5.41) is 13.7. The molecule has 0 aliphatic carbocycles. The molecule has 3 aromatic heterocycles. The number of para-hydroxylation sites is 1. The van der Waals surface area contributed by atoms with E-state index in [1.54, 1.807) is 0 Å². The summed E-state index contributed by atoms with van der Waals surface area (Å²) in [7, 11) is 0. The van der Waals surface area contributed by atoms with Crippen LogP contribution in [0.3, 0.4) is 0 Å². The topological polar surface area (TPSA) is 63.8 Å². The first-order valence-electron chi connectivity index (χ1n) is 17.3. The third-order valence-corrected chi connectivity index (χ3v) is 9.55. The molecule has 0 unspecified atom stereocenters. The van der Waals surface area contributed by atoms with Crippen molar-refractivity contribution in [1.82, 2.24) is 19.5 Å². The average Bonchev–Trinajstić information content (AvgIpc) is 3.41. The van der Waals surface area contributed by atoms with E-state index in [9.17, 15) is 5.11 Å². The molecule has 7 aromatic rings. The number of benzene rings is 4. The molecule has 262 valence electrons. The van der Waals surface area contributed by atoms with E-state index in [-0.39, 0.29) is 43.1 Å². The van der Waals surface area contributed by atoms with Crippen molar-refractivity contribution in [2.75, 3.05) is 0 Å². The molecule has 6 heteroatoms. The smallest absolute Gasteiger partial charge is 0.165 e. The fraction of sp³-hybridized carbons (Fsp3) is 0.267. The second kappa shape index (κ2) is 13.2. The number of aromatic nitrogens is 4. The second-order valence-electron chi connectivity index (χ2n) is 16.4. The molecule has 0 radical (unpaired) electrons. The molecular weight excluding hydrogens is 808 g/mol. The fourth-order valence-electron chi connectivity index (χ4n) is 6.56. The summed E-state index contributed by atoms with van der Waals surface area (Å²) in [5.41, 5.74) is 9.91. The van der Waals surface area contributed by atoms with Crippen molar-refractivity contribution in [3.63, 3.8) is 0 Å². The minimum Gasteiger partial charge on any atom is -0.507 e. The van der Waals surface area contributed by atoms with Gasteiger partial charge in [0, 0.05) is 49.8 Å². The van der Waals surface area contributed by atoms with Crippen LogP contribution < -0.4 is 0 Å². The van der Waals surface area contributed by atoms with Crippen LogP contribution in [0.15, 0.2) is 103 Å². The maximum absolute atomic E-state index is 11.8. The van der Waals surface area contributed by atoms with E-state index >= 15 is 0 Å². The fourth-order valence-corrected chi connectivity index (χ4v) is 6.56. The van der Waals surface area contributed by atoms with Gasteiger partial charge in [-0.15, -0.1) is 29.3 Å². The van der Waals surface area contributed by atoms with Crippen LogP contribution in [0, 0.1) is 6.07 Å². The Kier molecular flexibility index (Phi) is 9.36. The standard InChI is InChI=1S/C45H45N4O.Pt/c1-43(2,3)31-21-30(38-23-29(19-20-46-38)28-15-11-10-12-16-28)22-33(24-31)49-39-18-14-13-17-34(39)36-27-47-41(48-42(36)49)35-25-32(44(4,5)6)26-37(40(35)50)45(7,8)9;/h10-21,23-27,50H,1-9H3;/q-1;. The zero-order chi connectivity index (χ0) is 35.6. The van der Waals surface area contributed by atoms with Crippen molar-refractivity contribution in [3.05, 3.63) is 126 Å². The number of phenols is 1. The van der Waals surface area contributed by atoms with Crippen molar-refractivity contribution in [3.8, 4) is 45.2 Å². The summed E-state index contributed by atoms with van der Waals surface area (Å²) in [6, 6.07) is 35.3. The quantitative estimate of drug-likeness (QED) is 0.179. The zero-order valence-corrected chi connectivity index (χ0v) is 33.1. The van der Waals surface area contributed by atoms with Crippen molar-refractivity contribution in [1.29, 1.82) is 0 Å². The maximum atomic E-state index is 11.8. The number of pyridine rings is 1.